The van der Waals surface area contributed by atoms with E-state index >= 15 is 0 Å². The van der Waals surface area contributed by atoms with E-state index in [2.05, 4.69) is 75.0 Å². The van der Waals surface area contributed by atoms with Crippen molar-refractivity contribution in [3.63, 3.8) is 0 Å². The molecule has 31 heteroatoms. The average molecular weight is 1810 g/mol. The maximum atomic E-state index is 13.0. The Morgan fingerprint density at radius 2 is 0.561 bits per heavy atom. The van der Waals surface area contributed by atoms with Crippen molar-refractivity contribution in [2.45, 2.75) is 208 Å². The zero-order valence-corrected chi connectivity index (χ0v) is 77.1. The lowest BCUT2D eigenvalue weighted by Gasteiger charge is -2.14. The highest BCUT2D eigenvalue weighted by atomic mass is 32.2. The molecule has 22 nitrogen and oxygen atoms in total. The van der Waals surface area contributed by atoms with Gasteiger partial charge in [0.2, 0.25) is 56.1 Å². The minimum Gasteiger partial charge on any atom is -0.261 e. The van der Waals surface area contributed by atoms with Gasteiger partial charge < -0.3 is 0 Å². The fraction of sp³-hybridized carbons (Fsp3) is 0.380. The van der Waals surface area contributed by atoms with E-state index in [-0.39, 0.29) is 47.5 Å². The Hall–Kier alpha value is -8.70. The number of rotatable bonds is 24. The lowest BCUT2D eigenvalue weighted by atomic mass is 9.99. The molecule has 10 aromatic rings. The van der Waals surface area contributed by atoms with E-state index in [1.54, 1.807) is 81.4 Å². The Kier molecular flexibility index (Phi) is 30.5. The summed E-state index contributed by atoms with van der Waals surface area (Å²) >= 11 is 0. The Morgan fingerprint density at radius 3 is 0.829 bits per heavy atom. The van der Waals surface area contributed by atoms with E-state index in [1.165, 1.54) is 48.2 Å². The molecule has 3 aromatic heterocycles. The van der Waals surface area contributed by atoms with E-state index in [9.17, 15) is 67.7 Å². The van der Waals surface area contributed by atoms with Crippen molar-refractivity contribution in [1.82, 2.24) is 38.6 Å². The van der Waals surface area contributed by atoms with Gasteiger partial charge >= 0.3 is 0 Å². The van der Waals surface area contributed by atoms with E-state index < -0.39 is 102 Å². The molecule has 2 unspecified atom stereocenters. The van der Waals surface area contributed by atoms with Crippen LogP contribution in [0.4, 0.5) is 8.78 Å². The number of benzene rings is 7. The van der Waals surface area contributed by atoms with E-state index in [1.807, 2.05) is 128 Å². The highest BCUT2D eigenvalue weighted by Gasteiger charge is 2.33. The van der Waals surface area contributed by atoms with Crippen LogP contribution in [0.3, 0.4) is 0 Å². The second-order valence-electron chi connectivity index (χ2n) is 34.0. The second kappa shape index (κ2) is 39.5. The van der Waals surface area contributed by atoms with Crippen molar-refractivity contribution < 1.29 is 67.7 Å². The Morgan fingerprint density at radius 1 is 0.293 bits per heavy atom. The van der Waals surface area contributed by atoms with Gasteiger partial charge in [-0.15, -0.1) is 0 Å². The molecule has 0 fully saturated rings. The van der Waals surface area contributed by atoms with Crippen LogP contribution in [-0.2, 0) is 146 Å². The number of halogens is 2. The van der Waals surface area contributed by atoms with Gasteiger partial charge in [-0.25, -0.2) is 91.9 Å². The summed E-state index contributed by atoms with van der Waals surface area (Å²) in [6, 6.07) is 55.3. The van der Waals surface area contributed by atoms with Crippen molar-refractivity contribution in [3.05, 3.63) is 279 Å². The van der Waals surface area contributed by atoms with Crippen molar-refractivity contribution in [1.29, 1.82) is 0 Å². The van der Waals surface area contributed by atoms with E-state index in [0.717, 1.165) is 124 Å². The summed E-state index contributed by atoms with van der Waals surface area (Å²) < 4.78 is 207. The zero-order valence-electron chi connectivity index (χ0n) is 71.4. The largest absolute Gasteiger partial charge is 0.261 e. The van der Waals surface area contributed by atoms with Crippen LogP contribution in [0.25, 0.3) is 55.8 Å². The van der Waals surface area contributed by atoms with Crippen molar-refractivity contribution in [2.24, 2.45) is 0 Å². The van der Waals surface area contributed by atoms with Crippen molar-refractivity contribution in [2.75, 3.05) is 12.5 Å². The van der Waals surface area contributed by atoms with Crippen LogP contribution in [0.5, 0.6) is 0 Å². The predicted octanol–water partition coefficient (Wildman–Crippen LogP) is 13.6. The number of aromatic nitrogens is 3. The van der Waals surface area contributed by atoms with Gasteiger partial charge in [-0.1, -0.05) is 140 Å². The van der Waals surface area contributed by atoms with Gasteiger partial charge in [-0.2, -0.15) is 4.39 Å². The maximum absolute atomic E-state index is 13.0. The molecule has 5 aliphatic rings. The lowest BCUT2D eigenvalue weighted by molar-refractivity contribution is 0.546. The number of hydrogen-bond donors (Lipinski definition) is 5. The summed E-state index contributed by atoms with van der Waals surface area (Å²) in [6.45, 7) is 18.7. The second-order valence-corrected chi connectivity index (χ2v) is 49.6. The number of sulfone groups is 2. The molecule has 0 radical (unpaired) electrons. The van der Waals surface area contributed by atoms with Crippen LogP contribution in [0.15, 0.2) is 195 Å². The first kappa shape index (κ1) is 95.0. The van der Waals surface area contributed by atoms with Crippen LogP contribution < -0.4 is 23.6 Å². The quantitative estimate of drug-likeness (QED) is 0.0351. The SMILES string of the molecule is CC(C)S(=O)(=O)NC1Cc2ccc(-c3cccc(CS(C)(=O)=O)c3)cc2C1.CC(C)S(=O)(=O)NC1Cc2ccc(-c3cccc(CS(C)(=O)=O)c3)cc2C1.CC(C)S(=O)(=O)N[C@H]1Cc2ccc(-c3ccc(F)cn3)cc2C1.CC(C)S(=O)(=O)N[C@H]1Cc2ccc(-c3ccc(F)nc3)cc2C1.Cc1ccc(-c2ccc3c(c2)C[C@@H](NS(=O)(=O)C(C)C)C3)cn1. The molecule has 0 aliphatic heterocycles. The van der Waals surface area contributed by atoms with Gasteiger partial charge in [0.25, 0.3) is 0 Å². The third-order valence-electron chi connectivity index (χ3n) is 22.2. The molecule has 0 saturated carbocycles. The van der Waals surface area contributed by atoms with Gasteiger partial charge in [0.05, 0.1) is 49.6 Å². The standard InChI is InChI=1S/2C20H25NO4S2.C18H22N2O2S.2C17H19FN2O2S/c2*1-14(2)27(24,25)21-20-11-18-8-7-17(10-19(18)12-20)16-6-4-5-15(9-16)13-26(3,22)23;1-12(2)23(21,22)20-18-9-15-7-6-14(8-17(15)10-18)16-5-4-13(3)19-11-16;1-11(2)23(21,22)20-16-8-12-3-4-13(7-14(12)9-16)17-6-5-15(18)10-19-17;1-11(2)23(21,22)20-16-8-13-4-3-12(7-15(13)9-16)14-5-6-17(18)19-10-14/h2*4-10,14,20-21H,11-13H2,1-3H3;4-8,11-12,18,20H,9-10H2,1-3H3;2*3-7,10-11,16,20H,8-9H2,1-2H3/t;;18-;2*16-/m..000/s1. The van der Waals surface area contributed by atoms with Crippen LogP contribution >= 0.6 is 0 Å². The average Bonchev–Trinajstić information content (AvgIpc) is 1.69. The minimum atomic E-state index is -3.29. The third-order valence-corrected chi connectivity index (χ3v) is 33.4. The minimum absolute atomic E-state index is 0.0187. The molecule has 658 valence electrons. The molecule has 0 bridgehead atoms. The first-order valence-electron chi connectivity index (χ1n) is 41.0. The van der Waals surface area contributed by atoms with Crippen LogP contribution in [-0.4, -0.2) is 143 Å². The number of hydrogen-bond acceptors (Lipinski definition) is 17. The van der Waals surface area contributed by atoms with Gasteiger partial charge in [-0.3, -0.25) is 9.97 Å². The summed E-state index contributed by atoms with van der Waals surface area (Å²) in [6.07, 6.45) is 14.0. The molecule has 15 rings (SSSR count). The van der Waals surface area contributed by atoms with E-state index in [0.29, 0.717) is 57.1 Å². The molecule has 3 heterocycles. The van der Waals surface area contributed by atoms with Crippen molar-refractivity contribution >= 4 is 69.8 Å². The summed E-state index contributed by atoms with van der Waals surface area (Å²) in [5.41, 5.74) is 23.7. The maximum Gasteiger partial charge on any atom is 0.214 e. The van der Waals surface area contributed by atoms with Gasteiger partial charge in [0, 0.05) is 77.5 Å². The molecule has 0 spiro atoms. The summed E-state index contributed by atoms with van der Waals surface area (Å²) in [7, 11) is -22.5. The summed E-state index contributed by atoms with van der Waals surface area (Å²) in [5.74, 6) is -0.827. The molecule has 0 amide bonds. The molecule has 5 aliphatic carbocycles. The third kappa shape index (κ3) is 26.2. The molecule has 123 heavy (non-hydrogen) atoms. The fourth-order valence-electron chi connectivity index (χ4n) is 15.2. The molecular formula is C92H110F2N8O14S7. The number of aryl methyl sites for hydroxylation is 1. The highest BCUT2D eigenvalue weighted by Crippen LogP contribution is 2.36. The lowest BCUT2D eigenvalue weighted by Crippen LogP contribution is -2.39. The van der Waals surface area contributed by atoms with Crippen molar-refractivity contribution in [3.8, 4) is 55.8 Å². The van der Waals surface area contributed by atoms with Crippen LogP contribution in [0.1, 0.15) is 142 Å². The van der Waals surface area contributed by atoms with Crippen LogP contribution in [0, 0.1) is 18.7 Å². The molecular weight excluding hydrogens is 1700 g/mol. The number of nitrogens with zero attached hydrogens (tertiary/aromatic N) is 3. The first-order chi connectivity index (χ1) is 57.6. The highest BCUT2D eigenvalue weighted by molar-refractivity contribution is 7.91. The fourth-order valence-corrected chi connectivity index (χ4v) is 21.3. The van der Waals surface area contributed by atoms with Gasteiger partial charge in [0.15, 0.2) is 19.7 Å². The monoisotopic (exact) mass is 1810 g/mol. The zero-order chi connectivity index (χ0) is 89.5. The predicted molar refractivity (Wildman–Crippen MR) is 486 cm³/mol. The topological polar surface area (TPSA) is 338 Å². The summed E-state index contributed by atoms with van der Waals surface area (Å²) in [4.78, 5) is 12.1. The first-order valence-corrected chi connectivity index (χ1v) is 52.8. The van der Waals surface area contributed by atoms with E-state index in [4.69, 9.17) is 0 Å². The molecule has 5 N–H and O–H groups in total. The van der Waals surface area contributed by atoms with Gasteiger partial charge in [0.1, 0.15) is 5.82 Å². The number of fused-ring (bicyclic) bond motifs is 5. The number of pyridine rings is 3. The van der Waals surface area contributed by atoms with Gasteiger partial charge in [-0.05, 0) is 277 Å². The Balaban J connectivity index is 0.000000150. The molecule has 5 atom stereocenters. The smallest absolute Gasteiger partial charge is 0.214 e. The Bertz CT molecular complexity index is 5840. The molecule has 7 aromatic carbocycles. The summed E-state index contributed by atoms with van der Waals surface area (Å²) in [5, 5.41) is -2.18. The Labute approximate surface area is 726 Å². The van der Waals surface area contributed by atoms with Crippen LogP contribution in [0.2, 0.25) is 0 Å². The number of nitrogens with one attached hydrogen (secondary N) is 5. The normalized spacial score (nSPS) is 17.4. The molecule has 0 saturated heterocycles. The number of sulfonamides is 5.